The zero-order valence-electron chi connectivity index (χ0n) is 10.9. The number of phenols is 1. The van der Waals surface area contributed by atoms with Crippen molar-refractivity contribution < 1.29 is 18.3 Å². The maximum Gasteiger partial charge on any atom is 0.416 e. The van der Waals surface area contributed by atoms with Gasteiger partial charge >= 0.3 is 6.18 Å². The SMILES string of the molecule is CN1CC(CN)CC1c1cc(Br)c(O)cc1C(F)(F)F. The molecule has 1 aromatic carbocycles. The molecule has 20 heavy (non-hydrogen) atoms. The van der Waals surface area contributed by atoms with Gasteiger partial charge in [0.1, 0.15) is 5.75 Å². The summed E-state index contributed by atoms with van der Waals surface area (Å²) in [6, 6.07) is 1.80. The summed E-state index contributed by atoms with van der Waals surface area (Å²) >= 11 is 3.09. The van der Waals surface area contributed by atoms with Crippen molar-refractivity contribution in [2.75, 3.05) is 20.1 Å². The van der Waals surface area contributed by atoms with E-state index in [0.29, 0.717) is 19.5 Å². The van der Waals surface area contributed by atoms with Crippen molar-refractivity contribution in [3.8, 4) is 5.75 Å². The van der Waals surface area contributed by atoms with Crippen LogP contribution < -0.4 is 5.73 Å². The van der Waals surface area contributed by atoms with Gasteiger partial charge in [0, 0.05) is 12.6 Å². The Morgan fingerprint density at radius 1 is 1.45 bits per heavy atom. The molecule has 1 fully saturated rings. The first-order valence-electron chi connectivity index (χ1n) is 6.24. The highest BCUT2D eigenvalue weighted by Crippen LogP contribution is 2.44. The molecule has 0 amide bonds. The zero-order valence-corrected chi connectivity index (χ0v) is 12.5. The fourth-order valence-corrected chi connectivity index (χ4v) is 3.10. The average Bonchev–Trinajstić information content (AvgIpc) is 2.72. The van der Waals surface area contributed by atoms with E-state index in [1.54, 1.807) is 7.05 Å². The van der Waals surface area contributed by atoms with Gasteiger partial charge in [0.15, 0.2) is 0 Å². The van der Waals surface area contributed by atoms with Crippen molar-refractivity contribution in [1.29, 1.82) is 0 Å². The van der Waals surface area contributed by atoms with Crippen LogP contribution in [-0.4, -0.2) is 30.1 Å². The number of phenolic OH excluding ortho intramolecular Hbond substituents is 1. The minimum Gasteiger partial charge on any atom is -0.507 e. The minimum atomic E-state index is -4.49. The molecule has 2 atom stereocenters. The van der Waals surface area contributed by atoms with Gasteiger partial charge in [-0.25, -0.2) is 0 Å². The van der Waals surface area contributed by atoms with Gasteiger partial charge < -0.3 is 10.8 Å². The number of rotatable bonds is 2. The summed E-state index contributed by atoms with van der Waals surface area (Å²) in [6.45, 7) is 1.14. The molecule has 0 spiro atoms. The number of benzene rings is 1. The molecule has 0 aromatic heterocycles. The molecule has 0 saturated carbocycles. The van der Waals surface area contributed by atoms with E-state index >= 15 is 0 Å². The molecule has 1 saturated heterocycles. The third-order valence-corrected chi connectivity index (χ3v) is 4.39. The van der Waals surface area contributed by atoms with Crippen molar-refractivity contribution in [2.24, 2.45) is 11.7 Å². The second-order valence-corrected chi connectivity index (χ2v) is 6.04. The Labute approximate surface area is 123 Å². The van der Waals surface area contributed by atoms with Crippen LogP contribution >= 0.6 is 15.9 Å². The van der Waals surface area contributed by atoms with Crippen LogP contribution in [0.25, 0.3) is 0 Å². The summed E-state index contributed by atoms with van der Waals surface area (Å²) in [5.41, 5.74) is 5.01. The van der Waals surface area contributed by atoms with Crippen molar-refractivity contribution in [3.05, 3.63) is 27.7 Å². The summed E-state index contributed by atoms with van der Waals surface area (Å²) in [5, 5.41) is 9.51. The topological polar surface area (TPSA) is 49.5 Å². The lowest BCUT2D eigenvalue weighted by Gasteiger charge is -2.24. The highest BCUT2D eigenvalue weighted by molar-refractivity contribution is 9.10. The predicted molar refractivity (Wildman–Crippen MR) is 73.3 cm³/mol. The van der Waals surface area contributed by atoms with Crippen molar-refractivity contribution in [2.45, 2.75) is 18.6 Å². The summed E-state index contributed by atoms with van der Waals surface area (Å²) in [5.74, 6) is -0.212. The van der Waals surface area contributed by atoms with Gasteiger partial charge in [-0.2, -0.15) is 13.2 Å². The van der Waals surface area contributed by atoms with E-state index in [1.165, 1.54) is 6.07 Å². The Bertz CT molecular complexity index is 507. The molecule has 1 aromatic rings. The number of aromatic hydroxyl groups is 1. The molecule has 1 aliphatic heterocycles. The molecule has 2 rings (SSSR count). The molecule has 0 aliphatic carbocycles. The van der Waals surface area contributed by atoms with E-state index in [9.17, 15) is 18.3 Å². The van der Waals surface area contributed by atoms with Crippen LogP contribution in [0.1, 0.15) is 23.6 Å². The number of nitrogens with zero attached hydrogens (tertiary/aromatic N) is 1. The minimum absolute atomic E-state index is 0.181. The van der Waals surface area contributed by atoms with Crippen LogP contribution in [0, 0.1) is 5.92 Å². The van der Waals surface area contributed by atoms with Gasteiger partial charge in [-0.15, -0.1) is 0 Å². The number of alkyl halides is 3. The molecule has 0 radical (unpaired) electrons. The van der Waals surface area contributed by atoms with Gasteiger partial charge in [0.25, 0.3) is 0 Å². The van der Waals surface area contributed by atoms with Gasteiger partial charge in [-0.05, 0) is 59.6 Å². The van der Waals surface area contributed by atoms with Crippen molar-refractivity contribution in [1.82, 2.24) is 4.90 Å². The third kappa shape index (κ3) is 2.94. The summed E-state index contributed by atoms with van der Waals surface area (Å²) in [7, 11) is 1.79. The number of halogens is 4. The van der Waals surface area contributed by atoms with Crippen LogP contribution in [0.5, 0.6) is 5.75 Å². The largest absolute Gasteiger partial charge is 0.507 e. The molecule has 1 heterocycles. The highest BCUT2D eigenvalue weighted by atomic mass is 79.9. The van der Waals surface area contributed by atoms with Gasteiger partial charge in [-0.1, -0.05) is 0 Å². The lowest BCUT2D eigenvalue weighted by Crippen LogP contribution is -2.22. The maximum absolute atomic E-state index is 13.1. The van der Waals surface area contributed by atoms with Crippen molar-refractivity contribution in [3.63, 3.8) is 0 Å². The summed E-state index contributed by atoms with van der Waals surface area (Å²) in [4.78, 5) is 1.88. The lowest BCUT2D eigenvalue weighted by atomic mass is 9.95. The Morgan fingerprint density at radius 3 is 2.60 bits per heavy atom. The Kier molecular flexibility index (Phi) is 4.32. The van der Waals surface area contributed by atoms with Crippen LogP contribution in [0.4, 0.5) is 13.2 Å². The lowest BCUT2D eigenvalue weighted by molar-refractivity contribution is -0.138. The standard InChI is InChI=1S/C13H16BrF3N2O/c1-19-6-7(5-18)2-11(19)8-3-10(14)12(20)4-9(8)13(15,16)17/h3-4,7,11,20H,2,5-6,18H2,1H3. The molecular formula is C13H16BrF3N2O. The van der Waals surface area contributed by atoms with E-state index in [2.05, 4.69) is 15.9 Å². The van der Waals surface area contributed by atoms with E-state index in [-0.39, 0.29) is 22.0 Å². The first-order valence-corrected chi connectivity index (χ1v) is 7.03. The number of likely N-dealkylation sites (tertiary alicyclic amines) is 1. The zero-order chi connectivity index (χ0) is 15.1. The van der Waals surface area contributed by atoms with Crippen LogP contribution in [0.15, 0.2) is 16.6 Å². The molecular weight excluding hydrogens is 337 g/mol. The van der Waals surface area contributed by atoms with Gasteiger partial charge in [0.05, 0.1) is 10.0 Å². The smallest absolute Gasteiger partial charge is 0.416 e. The number of hydrogen-bond donors (Lipinski definition) is 2. The van der Waals surface area contributed by atoms with Gasteiger partial charge in [-0.3, -0.25) is 4.90 Å². The third-order valence-electron chi connectivity index (χ3n) is 3.75. The van der Waals surface area contributed by atoms with E-state index in [1.807, 2.05) is 4.90 Å². The monoisotopic (exact) mass is 352 g/mol. The van der Waals surface area contributed by atoms with Crippen molar-refractivity contribution >= 4 is 15.9 Å². The maximum atomic E-state index is 13.1. The van der Waals surface area contributed by atoms with Crippen LogP contribution in [-0.2, 0) is 6.18 Å². The number of hydrogen-bond acceptors (Lipinski definition) is 3. The normalized spacial score (nSPS) is 24.3. The summed E-state index contributed by atoms with van der Waals surface area (Å²) in [6.07, 6.45) is -3.90. The van der Waals surface area contributed by atoms with Crippen LogP contribution in [0.3, 0.4) is 0 Å². The Balaban J connectivity index is 2.48. The van der Waals surface area contributed by atoms with E-state index < -0.39 is 17.5 Å². The molecule has 0 bridgehead atoms. The second kappa shape index (κ2) is 5.54. The van der Waals surface area contributed by atoms with Gasteiger partial charge in [0.2, 0.25) is 0 Å². The highest BCUT2D eigenvalue weighted by Gasteiger charge is 2.39. The summed E-state index contributed by atoms with van der Waals surface area (Å²) < 4.78 is 39.7. The Hall–Kier alpha value is -0.790. The van der Waals surface area contributed by atoms with Crippen LogP contribution in [0.2, 0.25) is 0 Å². The molecule has 112 valence electrons. The fraction of sp³-hybridized carbons (Fsp3) is 0.538. The second-order valence-electron chi connectivity index (χ2n) is 5.18. The fourth-order valence-electron chi connectivity index (χ4n) is 2.74. The average molecular weight is 353 g/mol. The quantitative estimate of drug-likeness (QED) is 0.859. The Morgan fingerprint density at radius 2 is 2.10 bits per heavy atom. The predicted octanol–water partition coefficient (Wildman–Crippen LogP) is 3.13. The number of nitrogens with two attached hydrogens (primary N) is 1. The molecule has 2 unspecified atom stereocenters. The molecule has 7 heteroatoms. The molecule has 3 N–H and O–H groups in total. The first-order chi connectivity index (χ1) is 9.24. The van der Waals surface area contributed by atoms with E-state index in [0.717, 1.165) is 6.07 Å². The van der Waals surface area contributed by atoms with E-state index in [4.69, 9.17) is 5.73 Å². The molecule has 1 aliphatic rings. The first kappa shape index (κ1) is 15.6. The molecule has 3 nitrogen and oxygen atoms in total.